The average molecular weight is 367 g/mol. The summed E-state index contributed by atoms with van der Waals surface area (Å²) in [5.74, 6) is 0.423. The molecule has 1 aromatic carbocycles. The van der Waals surface area contributed by atoms with E-state index in [1.54, 1.807) is 31.5 Å². The molecule has 1 aliphatic carbocycles. The topological polar surface area (TPSA) is 71.5 Å². The number of pyridine rings is 1. The van der Waals surface area contributed by atoms with Crippen molar-refractivity contribution in [1.29, 1.82) is 0 Å². The molecule has 0 radical (unpaired) electrons. The summed E-state index contributed by atoms with van der Waals surface area (Å²) < 4.78 is 5.31. The molecule has 1 heterocycles. The molecule has 6 nitrogen and oxygen atoms in total. The second-order valence-corrected chi connectivity index (χ2v) is 6.91. The van der Waals surface area contributed by atoms with Gasteiger partial charge in [0.2, 0.25) is 11.8 Å². The number of benzene rings is 1. The molecule has 2 aromatic rings. The van der Waals surface area contributed by atoms with E-state index in [2.05, 4.69) is 10.3 Å². The van der Waals surface area contributed by atoms with Gasteiger partial charge in [-0.25, -0.2) is 0 Å². The van der Waals surface area contributed by atoms with Gasteiger partial charge in [-0.3, -0.25) is 14.6 Å². The maximum Gasteiger partial charge on any atom is 0.238 e. The Morgan fingerprint density at radius 2 is 1.89 bits per heavy atom. The van der Waals surface area contributed by atoms with Gasteiger partial charge in [0.15, 0.2) is 0 Å². The van der Waals surface area contributed by atoms with Gasteiger partial charge in [0, 0.05) is 38.1 Å². The molecule has 0 saturated heterocycles. The highest BCUT2D eigenvalue weighted by Crippen LogP contribution is 2.47. The molecule has 0 bridgehead atoms. The van der Waals surface area contributed by atoms with Crippen LogP contribution in [0, 0.1) is 5.41 Å². The molecule has 1 aromatic heterocycles. The van der Waals surface area contributed by atoms with Gasteiger partial charge in [-0.2, -0.15) is 0 Å². The molecule has 27 heavy (non-hydrogen) atoms. The lowest BCUT2D eigenvalue weighted by molar-refractivity contribution is -0.143. The molecule has 6 heteroatoms. The molecule has 3 rings (SSSR count). The summed E-state index contributed by atoms with van der Waals surface area (Å²) in [7, 11) is 3.36. The van der Waals surface area contributed by atoms with E-state index in [4.69, 9.17) is 4.74 Å². The number of likely N-dealkylation sites (N-methyl/N-ethyl adjacent to an activating group) is 1. The van der Waals surface area contributed by atoms with E-state index in [0.29, 0.717) is 25.9 Å². The Labute approximate surface area is 159 Å². The predicted octanol–water partition coefficient (Wildman–Crippen LogP) is 2.19. The van der Waals surface area contributed by atoms with Crippen LogP contribution in [0.2, 0.25) is 0 Å². The highest BCUT2D eigenvalue weighted by atomic mass is 16.5. The molecule has 1 saturated carbocycles. The Morgan fingerprint density at radius 1 is 1.19 bits per heavy atom. The SMILES string of the molecule is COc1ccccc1CNC(=O)C1(C(=O)N(C)CCc2ccncc2)CC1. The molecule has 0 unspecified atom stereocenters. The second-order valence-electron chi connectivity index (χ2n) is 6.91. The number of nitrogens with one attached hydrogen (secondary N) is 1. The fourth-order valence-corrected chi connectivity index (χ4v) is 3.17. The zero-order valence-electron chi connectivity index (χ0n) is 15.8. The normalized spacial score (nSPS) is 14.3. The van der Waals surface area contributed by atoms with Gasteiger partial charge in [-0.05, 0) is 43.0 Å². The summed E-state index contributed by atoms with van der Waals surface area (Å²) in [6, 6.07) is 11.4. The van der Waals surface area contributed by atoms with E-state index < -0.39 is 5.41 Å². The van der Waals surface area contributed by atoms with Gasteiger partial charge in [-0.1, -0.05) is 18.2 Å². The van der Waals surface area contributed by atoms with Gasteiger partial charge in [0.05, 0.1) is 7.11 Å². The Morgan fingerprint density at radius 3 is 2.56 bits per heavy atom. The van der Waals surface area contributed by atoms with Gasteiger partial charge in [0.1, 0.15) is 11.2 Å². The van der Waals surface area contributed by atoms with Crippen LogP contribution in [0.4, 0.5) is 0 Å². The molecular formula is C21H25N3O3. The largest absolute Gasteiger partial charge is 0.496 e. The Balaban J connectivity index is 1.56. The number of hydrogen-bond acceptors (Lipinski definition) is 4. The van der Waals surface area contributed by atoms with Crippen molar-refractivity contribution in [3.05, 3.63) is 59.9 Å². The first-order chi connectivity index (χ1) is 13.1. The minimum atomic E-state index is -0.908. The monoisotopic (exact) mass is 367 g/mol. The van der Waals surface area contributed by atoms with Crippen LogP contribution in [0.5, 0.6) is 5.75 Å². The summed E-state index contributed by atoms with van der Waals surface area (Å²) >= 11 is 0. The fraction of sp³-hybridized carbons (Fsp3) is 0.381. The zero-order chi connectivity index (χ0) is 19.3. The lowest BCUT2D eigenvalue weighted by Crippen LogP contribution is -2.44. The second kappa shape index (κ2) is 8.20. The van der Waals surface area contributed by atoms with Crippen molar-refractivity contribution in [2.75, 3.05) is 20.7 Å². The minimum Gasteiger partial charge on any atom is -0.496 e. The van der Waals surface area contributed by atoms with Crippen LogP contribution in [-0.4, -0.2) is 42.4 Å². The van der Waals surface area contributed by atoms with Crippen LogP contribution in [0.15, 0.2) is 48.8 Å². The summed E-state index contributed by atoms with van der Waals surface area (Å²) in [6.45, 7) is 0.920. The van der Waals surface area contributed by atoms with E-state index in [0.717, 1.165) is 23.3 Å². The third-order valence-corrected chi connectivity index (χ3v) is 5.06. The summed E-state index contributed by atoms with van der Waals surface area (Å²) in [5, 5.41) is 2.91. The fourth-order valence-electron chi connectivity index (χ4n) is 3.17. The number of para-hydroxylation sites is 1. The van der Waals surface area contributed by atoms with Crippen LogP contribution in [0.3, 0.4) is 0 Å². The van der Waals surface area contributed by atoms with Crippen molar-refractivity contribution in [1.82, 2.24) is 15.2 Å². The maximum atomic E-state index is 12.9. The molecule has 1 N–H and O–H groups in total. The Hall–Kier alpha value is -2.89. The lowest BCUT2D eigenvalue weighted by Gasteiger charge is -2.23. The van der Waals surface area contributed by atoms with Crippen LogP contribution in [-0.2, 0) is 22.6 Å². The molecule has 142 valence electrons. The Kier molecular flexibility index (Phi) is 5.74. The van der Waals surface area contributed by atoms with Crippen molar-refractivity contribution in [3.63, 3.8) is 0 Å². The van der Waals surface area contributed by atoms with E-state index in [9.17, 15) is 9.59 Å². The first-order valence-corrected chi connectivity index (χ1v) is 9.11. The van der Waals surface area contributed by atoms with Crippen LogP contribution >= 0.6 is 0 Å². The molecule has 2 amide bonds. The van der Waals surface area contributed by atoms with Crippen LogP contribution < -0.4 is 10.1 Å². The molecule has 0 atom stereocenters. The van der Waals surface area contributed by atoms with Gasteiger partial charge < -0.3 is 15.0 Å². The first-order valence-electron chi connectivity index (χ1n) is 9.11. The molecule has 1 aliphatic rings. The van der Waals surface area contributed by atoms with Crippen molar-refractivity contribution in [2.45, 2.75) is 25.8 Å². The third kappa shape index (κ3) is 4.27. The summed E-state index contributed by atoms with van der Waals surface area (Å²) in [4.78, 5) is 31.2. The van der Waals surface area contributed by atoms with Crippen molar-refractivity contribution >= 4 is 11.8 Å². The summed E-state index contributed by atoms with van der Waals surface area (Å²) in [6.07, 6.45) is 5.42. The first kappa shape index (κ1) is 18.9. The quantitative estimate of drug-likeness (QED) is 0.726. The molecule has 0 spiro atoms. The van der Waals surface area contributed by atoms with Crippen LogP contribution in [0.1, 0.15) is 24.0 Å². The zero-order valence-corrected chi connectivity index (χ0v) is 15.8. The predicted molar refractivity (Wildman–Crippen MR) is 102 cm³/mol. The number of nitrogens with zero attached hydrogens (tertiary/aromatic N) is 2. The third-order valence-electron chi connectivity index (χ3n) is 5.06. The average Bonchev–Trinajstić information content (AvgIpc) is 3.52. The lowest BCUT2D eigenvalue weighted by atomic mass is 10.0. The number of hydrogen-bond donors (Lipinski definition) is 1. The van der Waals surface area contributed by atoms with E-state index in [-0.39, 0.29) is 11.8 Å². The molecular weight excluding hydrogens is 342 g/mol. The van der Waals surface area contributed by atoms with E-state index >= 15 is 0 Å². The molecule has 0 aliphatic heterocycles. The molecule has 1 fully saturated rings. The number of carbonyl (C=O) groups is 2. The van der Waals surface area contributed by atoms with Crippen molar-refractivity contribution in [3.8, 4) is 5.75 Å². The smallest absolute Gasteiger partial charge is 0.238 e. The van der Waals surface area contributed by atoms with Crippen molar-refractivity contribution < 1.29 is 14.3 Å². The van der Waals surface area contributed by atoms with E-state index in [1.165, 1.54) is 0 Å². The van der Waals surface area contributed by atoms with Crippen molar-refractivity contribution in [2.24, 2.45) is 5.41 Å². The van der Waals surface area contributed by atoms with Gasteiger partial charge >= 0.3 is 0 Å². The van der Waals surface area contributed by atoms with Gasteiger partial charge in [-0.15, -0.1) is 0 Å². The standard InChI is InChI=1S/C21H25N3O3/c1-24(14-9-16-7-12-22-13-8-16)20(26)21(10-11-21)19(25)23-15-17-5-3-4-6-18(17)27-2/h3-8,12-13H,9-11,14-15H2,1-2H3,(H,23,25). The van der Waals surface area contributed by atoms with E-state index in [1.807, 2.05) is 36.4 Å². The number of carbonyl (C=O) groups excluding carboxylic acids is 2. The number of rotatable bonds is 8. The Bertz CT molecular complexity index is 803. The maximum absolute atomic E-state index is 12.9. The van der Waals surface area contributed by atoms with Crippen LogP contribution in [0.25, 0.3) is 0 Å². The highest BCUT2D eigenvalue weighted by molar-refractivity contribution is 6.07. The highest BCUT2D eigenvalue weighted by Gasteiger charge is 2.57. The number of amides is 2. The summed E-state index contributed by atoms with van der Waals surface area (Å²) in [5.41, 5.74) is 1.10. The number of aromatic nitrogens is 1. The number of ether oxygens (including phenoxy) is 1. The number of methoxy groups -OCH3 is 1. The van der Waals surface area contributed by atoms with Gasteiger partial charge in [0.25, 0.3) is 0 Å². The minimum absolute atomic E-state index is 0.103.